The van der Waals surface area contributed by atoms with Gasteiger partial charge in [-0.3, -0.25) is 10.1 Å². The molecule has 1 rings (SSSR count). The Kier molecular flexibility index (Phi) is 4.24. The van der Waals surface area contributed by atoms with Crippen LogP contribution in [0.15, 0.2) is 23.4 Å². The molecule has 1 aromatic rings. The summed E-state index contributed by atoms with van der Waals surface area (Å²) in [6, 6.07) is 2.17. The molecule has 0 aliphatic rings. The van der Waals surface area contributed by atoms with E-state index in [4.69, 9.17) is 10.7 Å². The minimum Gasteiger partial charge on any atom is -0.258 e. The van der Waals surface area contributed by atoms with Gasteiger partial charge in [0.2, 0.25) is 23.9 Å². The lowest BCUT2D eigenvalue weighted by molar-refractivity contribution is -0.388. The van der Waals surface area contributed by atoms with Crippen LogP contribution in [0.1, 0.15) is 0 Å². The number of sulfone groups is 1. The predicted octanol–water partition coefficient (Wildman–Crippen LogP) is 0.332. The van der Waals surface area contributed by atoms with Crippen LogP contribution in [0, 0.1) is 10.1 Å². The molecule has 0 bridgehead atoms. The zero-order valence-corrected chi connectivity index (χ0v) is 11.1. The standard InChI is InChI=1S/C7H7ClN2O6S2/c8-18(15,16)5-4-17(13,14)7-6(10(11)12)2-1-3-9-7/h1-3H,4-5H2. The van der Waals surface area contributed by atoms with E-state index in [1.165, 1.54) is 6.07 Å². The van der Waals surface area contributed by atoms with Crippen LogP contribution in [0.4, 0.5) is 5.69 Å². The first kappa shape index (κ1) is 14.8. The average Bonchev–Trinajstić information content (AvgIpc) is 2.26. The molecular weight excluding hydrogens is 308 g/mol. The molecule has 0 atom stereocenters. The van der Waals surface area contributed by atoms with Crippen molar-refractivity contribution in [3.8, 4) is 0 Å². The summed E-state index contributed by atoms with van der Waals surface area (Å²) < 4.78 is 44.8. The minimum absolute atomic E-state index is 0.704. The molecule has 100 valence electrons. The quantitative estimate of drug-likeness (QED) is 0.435. The molecule has 0 saturated heterocycles. The van der Waals surface area contributed by atoms with E-state index in [2.05, 4.69) is 4.98 Å². The van der Waals surface area contributed by atoms with Crippen molar-refractivity contribution in [2.24, 2.45) is 0 Å². The van der Waals surface area contributed by atoms with Gasteiger partial charge in [-0.1, -0.05) is 0 Å². The van der Waals surface area contributed by atoms with E-state index < -0.39 is 46.0 Å². The Labute approximate surface area is 107 Å². The Balaban J connectivity index is 3.17. The molecule has 0 N–H and O–H groups in total. The molecule has 18 heavy (non-hydrogen) atoms. The molecule has 0 radical (unpaired) electrons. The summed E-state index contributed by atoms with van der Waals surface area (Å²) in [6.45, 7) is 0. The van der Waals surface area contributed by atoms with Crippen molar-refractivity contribution in [1.82, 2.24) is 4.98 Å². The summed E-state index contributed by atoms with van der Waals surface area (Å²) in [4.78, 5) is 13.1. The topological polar surface area (TPSA) is 124 Å². The second-order valence-electron chi connectivity index (χ2n) is 3.15. The third kappa shape index (κ3) is 3.89. The monoisotopic (exact) mass is 314 g/mol. The van der Waals surface area contributed by atoms with E-state index in [-0.39, 0.29) is 0 Å². The Bertz CT molecular complexity index is 669. The maximum atomic E-state index is 11.7. The predicted molar refractivity (Wildman–Crippen MR) is 62.6 cm³/mol. The maximum absolute atomic E-state index is 11.7. The average molecular weight is 315 g/mol. The van der Waals surface area contributed by atoms with Crippen molar-refractivity contribution in [3.05, 3.63) is 28.4 Å². The van der Waals surface area contributed by atoms with Gasteiger partial charge in [0.05, 0.1) is 16.4 Å². The largest absolute Gasteiger partial charge is 0.306 e. The van der Waals surface area contributed by atoms with Crippen molar-refractivity contribution >= 4 is 35.3 Å². The molecule has 0 amide bonds. The van der Waals surface area contributed by atoms with Gasteiger partial charge in [0.15, 0.2) is 0 Å². The number of hydrogen-bond acceptors (Lipinski definition) is 7. The van der Waals surface area contributed by atoms with Gasteiger partial charge in [-0.05, 0) is 6.07 Å². The lowest BCUT2D eigenvalue weighted by Gasteiger charge is -2.02. The summed E-state index contributed by atoms with van der Waals surface area (Å²) in [5.41, 5.74) is -0.704. The number of aromatic nitrogens is 1. The number of hydrogen-bond donors (Lipinski definition) is 0. The van der Waals surface area contributed by atoms with E-state index in [0.717, 1.165) is 12.3 Å². The van der Waals surface area contributed by atoms with Gasteiger partial charge >= 0.3 is 5.69 Å². The Morgan fingerprint density at radius 3 is 2.39 bits per heavy atom. The van der Waals surface area contributed by atoms with Crippen LogP contribution >= 0.6 is 10.7 Å². The van der Waals surface area contributed by atoms with Crippen molar-refractivity contribution < 1.29 is 21.8 Å². The van der Waals surface area contributed by atoms with E-state index >= 15 is 0 Å². The van der Waals surface area contributed by atoms with Gasteiger partial charge in [-0.15, -0.1) is 0 Å². The van der Waals surface area contributed by atoms with Gasteiger partial charge < -0.3 is 0 Å². The van der Waals surface area contributed by atoms with Gasteiger partial charge in [-0.25, -0.2) is 21.8 Å². The summed E-state index contributed by atoms with van der Waals surface area (Å²) in [7, 11) is -3.31. The summed E-state index contributed by atoms with van der Waals surface area (Å²) in [5, 5.41) is 9.86. The van der Waals surface area contributed by atoms with Crippen molar-refractivity contribution in [1.29, 1.82) is 0 Å². The number of halogens is 1. The molecule has 0 spiro atoms. The Morgan fingerprint density at radius 1 is 1.28 bits per heavy atom. The number of rotatable bonds is 5. The molecule has 0 aliphatic carbocycles. The lowest BCUT2D eigenvalue weighted by atomic mass is 10.4. The van der Waals surface area contributed by atoms with Gasteiger partial charge in [-0.2, -0.15) is 0 Å². The second-order valence-corrected chi connectivity index (χ2v) is 8.07. The van der Waals surface area contributed by atoms with Gasteiger partial charge in [0.1, 0.15) is 0 Å². The Hall–Kier alpha value is -1.26. The first-order chi connectivity index (χ1) is 8.13. The zero-order chi connectivity index (χ0) is 14.0. The van der Waals surface area contributed by atoms with Gasteiger partial charge in [0.25, 0.3) is 0 Å². The van der Waals surface area contributed by atoms with E-state index in [0.29, 0.717) is 0 Å². The molecule has 0 fully saturated rings. The Morgan fingerprint density at radius 2 is 1.89 bits per heavy atom. The number of nitro groups is 1. The van der Waals surface area contributed by atoms with Crippen LogP contribution in [0.3, 0.4) is 0 Å². The molecule has 11 heteroatoms. The normalized spacial score (nSPS) is 12.3. The molecule has 8 nitrogen and oxygen atoms in total. The molecular formula is C7H7ClN2O6S2. The highest BCUT2D eigenvalue weighted by Gasteiger charge is 2.28. The fraction of sp³-hybridized carbons (Fsp3) is 0.286. The third-order valence-electron chi connectivity index (χ3n) is 1.84. The van der Waals surface area contributed by atoms with Crippen LogP contribution in [0.2, 0.25) is 0 Å². The van der Waals surface area contributed by atoms with Crippen LogP contribution in [-0.4, -0.2) is 38.2 Å². The highest BCUT2D eigenvalue weighted by molar-refractivity contribution is 8.14. The maximum Gasteiger partial charge on any atom is 0.306 e. The SMILES string of the molecule is O=[N+]([O-])c1cccnc1S(=O)(=O)CCS(=O)(=O)Cl. The van der Waals surface area contributed by atoms with E-state index in [9.17, 15) is 26.9 Å². The molecule has 0 saturated carbocycles. The lowest BCUT2D eigenvalue weighted by Crippen LogP contribution is -2.16. The fourth-order valence-corrected chi connectivity index (χ4v) is 4.18. The molecule has 0 aromatic carbocycles. The highest BCUT2D eigenvalue weighted by Crippen LogP contribution is 2.21. The number of nitrogens with zero attached hydrogens (tertiary/aromatic N) is 2. The van der Waals surface area contributed by atoms with Crippen molar-refractivity contribution in [2.45, 2.75) is 5.03 Å². The van der Waals surface area contributed by atoms with E-state index in [1.807, 2.05) is 0 Å². The van der Waals surface area contributed by atoms with Crippen LogP contribution < -0.4 is 0 Å². The van der Waals surface area contributed by atoms with Gasteiger partial charge in [0, 0.05) is 22.9 Å². The summed E-state index contributed by atoms with van der Waals surface area (Å²) in [5.74, 6) is -1.71. The smallest absolute Gasteiger partial charge is 0.258 e. The zero-order valence-electron chi connectivity index (χ0n) is 8.68. The van der Waals surface area contributed by atoms with Crippen LogP contribution in [0.5, 0.6) is 0 Å². The van der Waals surface area contributed by atoms with Crippen molar-refractivity contribution in [3.63, 3.8) is 0 Å². The first-order valence-electron chi connectivity index (χ1n) is 4.38. The molecule has 0 aliphatic heterocycles. The fourth-order valence-electron chi connectivity index (χ4n) is 1.07. The molecule has 1 aromatic heterocycles. The van der Waals surface area contributed by atoms with Crippen LogP contribution in [0.25, 0.3) is 0 Å². The second kappa shape index (κ2) is 5.16. The summed E-state index contributed by atoms with van der Waals surface area (Å²) in [6.07, 6.45) is 1.06. The van der Waals surface area contributed by atoms with Crippen molar-refractivity contribution in [2.75, 3.05) is 11.5 Å². The third-order valence-corrected chi connectivity index (χ3v) is 4.90. The number of pyridine rings is 1. The minimum atomic E-state index is -4.19. The highest BCUT2D eigenvalue weighted by atomic mass is 35.7. The molecule has 1 heterocycles. The molecule has 0 unspecified atom stereocenters. The van der Waals surface area contributed by atoms with Crippen LogP contribution in [-0.2, 0) is 18.9 Å². The van der Waals surface area contributed by atoms with E-state index in [1.54, 1.807) is 0 Å². The summed E-state index contributed by atoms with van der Waals surface area (Å²) >= 11 is 0. The first-order valence-corrected chi connectivity index (χ1v) is 8.51.